The predicted octanol–water partition coefficient (Wildman–Crippen LogP) is 1.92. The lowest BCUT2D eigenvalue weighted by atomic mass is 10.2. The largest absolute Gasteiger partial charge is 0.343 e. The molecule has 8 nitrogen and oxygen atoms in total. The Balaban J connectivity index is 1.78. The number of hydrogen-bond donors (Lipinski definition) is 2. The summed E-state index contributed by atoms with van der Waals surface area (Å²) in [5, 5.41) is 5.38. The first kappa shape index (κ1) is 23.2. The number of carbonyl (C=O) groups excluding carboxylic acids is 2. The van der Waals surface area contributed by atoms with E-state index in [1.54, 1.807) is 29.2 Å². The van der Waals surface area contributed by atoms with Gasteiger partial charge in [0.25, 0.3) is 0 Å². The minimum absolute atomic E-state index is 0.0146. The van der Waals surface area contributed by atoms with E-state index >= 15 is 0 Å². The molecule has 0 saturated carbocycles. The van der Waals surface area contributed by atoms with E-state index in [0.29, 0.717) is 26.2 Å². The molecule has 1 fully saturated rings. The molecule has 2 N–H and O–H groups in total. The number of urea groups is 1. The van der Waals surface area contributed by atoms with Crippen LogP contribution < -0.4 is 10.6 Å². The average molecular weight is 425 g/mol. The number of rotatable bonds is 9. The van der Waals surface area contributed by atoms with Crippen molar-refractivity contribution >= 4 is 22.0 Å². The first-order chi connectivity index (χ1) is 13.9. The molecule has 0 radical (unpaired) electrons. The number of piperidine rings is 1. The first-order valence-electron chi connectivity index (χ1n) is 10.3. The van der Waals surface area contributed by atoms with Crippen LogP contribution in [0, 0.1) is 0 Å². The lowest BCUT2D eigenvalue weighted by Crippen LogP contribution is -2.38. The molecule has 3 amide bonds. The minimum atomic E-state index is -3.44. The van der Waals surface area contributed by atoms with Crippen molar-refractivity contribution in [1.29, 1.82) is 0 Å². The summed E-state index contributed by atoms with van der Waals surface area (Å²) in [4.78, 5) is 25.8. The Kier molecular flexibility index (Phi) is 8.91. The zero-order valence-electron chi connectivity index (χ0n) is 17.3. The fourth-order valence-electron chi connectivity index (χ4n) is 3.30. The van der Waals surface area contributed by atoms with Gasteiger partial charge in [-0.05, 0) is 44.4 Å². The standard InChI is InChI=1S/C20H32N4O4S/c1-3-23(4-2)19(25)12-13-21-20(26)22-16-17-8-10-18(11-9-17)29(27,28)24-14-6-5-7-15-24/h8-11H,3-7,12-16H2,1-2H3,(H2,21,22,26). The second-order valence-electron chi connectivity index (χ2n) is 7.03. The molecule has 29 heavy (non-hydrogen) atoms. The monoisotopic (exact) mass is 424 g/mol. The Hall–Kier alpha value is -2.13. The van der Waals surface area contributed by atoms with Crippen molar-refractivity contribution in [2.45, 2.75) is 51.0 Å². The SMILES string of the molecule is CCN(CC)C(=O)CCNC(=O)NCc1ccc(S(=O)(=O)N2CCCCC2)cc1. The van der Waals surface area contributed by atoms with Gasteiger partial charge >= 0.3 is 6.03 Å². The van der Waals surface area contributed by atoms with Crippen molar-refractivity contribution in [2.75, 3.05) is 32.7 Å². The van der Waals surface area contributed by atoms with Gasteiger partial charge in [0.1, 0.15) is 0 Å². The maximum Gasteiger partial charge on any atom is 0.315 e. The van der Waals surface area contributed by atoms with E-state index in [9.17, 15) is 18.0 Å². The third kappa shape index (κ3) is 6.71. The second-order valence-corrected chi connectivity index (χ2v) is 8.97. The van der Waals surface area contributed by atoms with Crippen LogP contribution in [0.25, 0.3) is 0 Å². The molecular weight excluding hydrogens is 392 g/mol. The lowest BCUT2D eigenvalue weighted by molar-refractivity contribution is -0.130. The van der Waals surface area contributed by atoms with E-state index in [4.69, 9.17) is 0 Å². The topological polar surface area (TPSA) is 98.8 Å². The second kappa shape index (κ2) is 11.2. The van der Waals surface area contributed by atoms with E-state index in [2.05, 4.69) is 10.6 Å². The molecule has 1 heterocycles. The summed E-state index contributed by atoms with van der Waals surface area (Å²) in [5.74, 6) is 0.0146. The Bertz CT molecular complexity index is 770. The molecule has 2 rings (SSSR count). The molecule has 1 aliphatic heterocycles. The van der Waals surface area contributed by atoms with Crippen LogP contribution in [0.3, 0.4) is 0 Å². The van der Waals surface area contributed by atoms with Gasteiger partial charge in [-0.3, -0.25) is 4.79 Å². The first-order valence-corrected chi connectivity index (χ1v) is 11.7. The van der Waals surface area contributed by atoms with Crippen molar-refractivity contribution in [3.63, 3.8) is 0 Å². The molecule has 0 aliphatic carbocycles. The van der Waals surface area contributed by atoms with E-state index in [1.807, 2.05) is 13.8 Å². The van der Waals surface area contributed by atoms with Crippen molar-refractivity contribution in [3.8, 4) is 0 Å². The summed E-state index contributed by atoms with van der Waals surface area (Å²) in [7, 11) is -3.44. The Morgan fingerprint density at radius 2 is 1.62 bits per heavy atom. The zero-order chi connectivity index (χ0) is 21.3. The fraction of sp³-hybridized carbons (Fsp3) is 0.600. The minimum Gasteiger partial charge on any atom is -0.343 e. The number of benzene rings is 1. The maximum atomic E-state index is 12.6. The van der Waals surface area contributed by atoms with Gasteiger partial charge in [-0.1, -0.05) is 18.6 Å². The van der Waals surface area contributed by atoms with Gasteiger partial charge in [0, 0.05) is 45.7 Å². The number of hydrogen-bond acceptors (Lipinski definition) is 4. The molecule has 1 aromatic carbocycles. The molecule has 0 bridgehead atoms. The highest BCUT2D eigenvalue weighted by Crippen LogP contribution is 2.20. The highest BCUT2D eigenvalue weighted by Gasteiger charge is 2.25. The van der Waals surface area contributed by atoms with Crippen LogP contribution in [-0.2, 0) is 21.4 Å². The fourth-order valence-corrected chi connectivity index (χ4v) is 4.81. The number of nitrogens with one attached hydrogen (secondary N) is 2. The van der Waals surface area contributed by atoms with E-state index in [0.717, 1.165) is 24.8 Å². The van der Waals surface area contributed by atoms with Crippen molar-refractivity contribution in [2.24, 2.45) is 0 Å². The Morgan fingerprint density at radius 3 is 2.21 bits per heavy atom. The summed E-state index contributed by atoms with van der Waals surface area (Å²) >= 11 is 0. The zero-order valence-corrected chi connectivity index (χ0v) is 18.1. The summed E-state index contributed by atoms with van der Waals surface area (Å²) in [6, 6.07) is 6.23. The third-order valence-electron chi connectivity index (χ3n) is 5.07. The van der Waals surface area contributed by atoms with Gasteiger partial charge in [0.2, 0.25) is 15.9 Å². The van der Waals surface area contributed by atoms with Crippen LogP contribution in [-0.4, -0.2) is 62.3 Å². The van der Waals surface area contributed by atoms with Gasteiger partial charge in [0.05, 0.1) is 4.90 Å². The molecular formula is C20H32N4O4S. The predicted molar refractivity (Wildman–Crippen MR) is 112 cm³/mol. The van der Waals surface area contributed by atoms with Gasteiger partial charge in [-0.25, -0.2) is 13.2 Å². The summed E-state index contributed by atoms with van der Waals surface area (Å²) in [5.41, 5.74) is 0.803. The van der Waals surface area contributed by atoms with Crippen LogP contribution in [0.4, 0.5) is 4.79 Å². The van der Waals surface area contributed by atoms with E-state index in [1.165, 1.54) is 4.31 Å². The number of carbonyl (C=O) groups is 2. The molecule has 0 unspecified atom stereocenters. The smallest absolute Gasteiger partial charge is 0.315 e. The highest BCUT2D eigenvalue weighted by atomic mass is 32.2. The van der Waals surface area contributed by atoms with Gasteiger partial charge in [-0.15, -0.1) is 0 Å². The van der Waals surface area contributed by atoms with Crippen LogP contribution in [0.5, 0.6) is 0 Å². The molecule has 1 aromatic rings. The Labute approximate surface area is 173 Å². The summed E-state index contributed by atoms with van der Waals surface area (Å²) in [6.07, 6.45) is 3.13. The van der Waals surface area contributed by atoms with Gasteiger partial charge in [-0.2, -0.15) is 4.31 Å². The molecule has 0 atom stereocenters. The van der Waals surface area contributed by atoms with Crippen LogP contribution in [0.2, 0.25) is 0 Å². The number of nitrogens with zero attached hydrogens (tertiary/aromatic N) is 2. The van der Waals surface area contributed by atoms with Gasteiger partial charge in [0.15, 0.2) is 0 Å². The van der Waals surface area contributed by atoms with Gasteiger partial charge < -0.3 is 15.5 Å². The molecule has 0 aromatic heterocycles. The average Bonchev–Trinajstić information content (AvgIpc) is 2.74. The molecule has 9 heteroatoms. The molecule has 1 saturated heterocycles. The maximum absolute atomic E-state index is 12.6. The van der Waals surface area contributed by atoms with Crippen molar-refractivity contribution < 1.29 is 18.0 Å². The van der Waals surface area contributed by atoms with Crippen LogP contribution in [0.15, 0.2) is 29.2 Å². The number of sulfonamides is 1. The summed E-state index contributed by atoms with van der Waals surface area (Å²) < 4.78 is 26.8. The van der Waals surface area contributed by atoms with E-state index in [-0.39, 0.29) is 36.3 Å². The normalized spacial score (nSPS) is 15.0. The van der Waals surface area contributed by atoms with Crippen LogP contribution >= 0.6 is 0 Å². The van der Waals surface area contributed by atoms with E-state index < -0.39 is 10.0 Å². The molecule has 1 aliphatic rings. The Morgan fingerprint density at radius 1 is 1.00 bits per heavy atom. The van der Waals surface area contributed by atoms with Crippen LogP contribution in [0.1, 0.15) is 45.1 Å². The third-order valence-corrected chi connectivity index (χ3v) is 6.98. The van der Waals surface area contributed by atoms with Crippen molar-refractivity contribution in [3.05, 3.63) is 29.8 Å². The number of amides is 3. The highest BCUT2D eigenvalue weighted by molar-refractivity contribution is 7.89. The summed E-state index contributed by atoms with van der Waals surface area (Å²) in [6.45, 7) is 6.85. The quantitative estimate of drug-likeness (QED) is 0.633. The lowest BCUT2D eigenvalue weighted by Gasteiger charge is -2.25. The van der Waals surface area contributed by atoms with Crippen molar-refractivity contribution in [1.82, 2.24) is 19.8 Å². The molecule has 162 valence electrons. The molecule has 0 spiro atoms.